The lowest BCUT2D eigenvalue weighted by atomic mass is 10.5. The molecule has 0 unspecified atom stereocenters. The minimum Gasteiger partial charge on any atom is -0.478 e. The maximum absolute atomic E-state index is 10.6. The van der Waals surface area contributed by atoms with Gasteiger partial charge in [-0.2, -0.15) is 0 Å². The molecule has 0 rings (SSSR count). The second-order valence-corrected chi connectivity index (χ2v) is 1.92. The van der Waals surface area contributed by atoms with Crippen LogP contribution in [-0.2, 0) is 14.3 Å². The van der Waals surface area contributed by atoms with Crippen LogP contribution in [-0.4, -0.2) is 35.4 Å². The van der Waals surface area contributed by atoms with Crippen LogP contribution in [0.3, 0.4) is 0 Å². The lowest BCUT2D eigenvalue weighted by molar-refractivity contribution is -0.139. The number of hydrogen-bond donors (Lipinski definition) is 2. The molecule has 5 nitrogen and oxygen atoms in total. The van der Waals surface area contributed by atoms with E-state index in [1.54, 1.807) is 0 Å². The number of aliphatic carboxylic acids is 1. The van der Waals surface area contributed by atoms with Gasteiger partial charge >= 0.3 is 11.9 Å². The van der Waals surface area contributed by atoms with Gasteiger partial charge in [0.15, 0.2) is 0 Å². The molecule has 12 heavy (non-hydrogen) atoms. The van der Waals surface area contributed by atoms with E-state index in [0.29, 0.717) is 12.5 Å². The minimum atomic E-state index is -1.20. The summed E-state index contributed by atoms with van der Waals surface area (Å²) in [5, 5.41) is 16.4. The van der Waals surface area contributed by atoms with E-state index < -0.39 is 11.9 Å². The number of carbonyl (C=O) groups excluding carboxylic acids is 1. The molecule has 0 atom stereocenters. The largest absolute Gasteiger partial charge is 0.478 e. The zero-order chi connectivity index (χ0) is 9.40. The van der Waals surface area contributed by atoms with Crippen molar-refractivity contribution in [1.29, 1.82) is 0 Å². The van der Waals surface area contributed by atoms with Crippen molar-refractivity contribution in [1.82, 2.24) is 0 Å². The first-order valence-electron chi connectivity index (χ1n) is 3.35. The Kier molecular flexibility index (Phi) is 5.64. The Morgan fingerprint density at radius 3 is 2.50 bits per heavy atom. The third kappa shape index (κ3) is 6.76. The van der Waals surface area contributed by atoms with Crippen molar-refractivity contribution in [3.63, 3.8) is 0 Å². The summed E-state index contributed by atoms with van der Waals surface area (Å²) in [7, 11) is 0. The molecule has 0 bridgehead atoms. The fourth-order valence-corrected chi connectivity index (χ4v) is 0.425. The minimum absolute atomic E-state index is 0.0596. The molecule has 0 aromatic heterocycles. The summed E-state index contributed by atoms with van der Waals surface area (Å²) in [5.74, 6) is -1.92. The molecule has 0 saturated heterocycles. The molecule has 0 spiro atoms. The molecule has 0 aliphatic carbocycles. The Hall–Kier alpha value is -1.36. The van der Waals surface area contributed by atoms with E-state index in [2.05, 4.69) is 4.74 Å². The summed E-state index contributed by atoms with van der Waals surface area (Å²) in [4.78, 5) is 20.5. The van der Waals surface area contributed by atoms with Gasteiger partial charge in [-0.15, -0.1) is 0 Å². The highest BCUT2D eigenvalue weighted by atomic mass is 16.5. The average Bonchev–Trinajstić information content (AvgIpc) is 2.01. The number of aliphatic hydroxyl groups excluding tert-OH is 1. The van der Waals surface area contributed by atoms with Crippen LogP contribution in [0.1, 0.15) is 6.42 Å². The van der Waals surface area contributed by atoms with Crippen molar-refractivity contribution < 1.29 is 24.5 Å². The standard InChI is InChI=1S/C7H10O5/c8-4-1-5-12-7(11)3-2-6(9)10/h2-3,8H,1,4-5H2,(H,9,10)/b3-2+. The van der Waals surface area contributed by atoms with Gasteiger partial charge in [-0.05, 0) is 0 Å². The molecule has 0 aliphatic heterocycles. The number of esters is 1. The van der Waals surface area contributed by atoms with Gasteiger partial charge in [0.1, 0.15) is 0 Å². The van der Waals surface area contributed by atoms with E-state index in [4.69, 9.17) is 10.2 Å². The highest BCUT2D eigenvalue weighted by Crippen LogP contribution is 1.84. The van der Waals surface area contributed by atoms with Crippen molar-refractivity contribution in [3.8, 4) is 0 Å². The number of hydrogen-bond acceptors (Lipinski definition) is 4. The zero-order valence-electron chi connectivity index (χ0n) is 6.40. The first-order valence-corrected chi connectivity index (χ1v) is 3.35. The molecule has 2 N–H and O–H groups in total. The summed E-state index contributed by atoms with van der Waals surface area (Å²) in [6.45, 7) is 0.0369. The summed E-state index contributed by atoms with van der Waals surface area (Å²) in [6.07, 6.45) is 1.87. The van der Waals surface area contributed by atoms with Crippen LogP contribution in [0.25, 0.3) is 0 Å². The van der Waals surface area contributed by atoms with Crippen molar-refractivity contribution in [2.45, 2.75) is 6.42 Å². The molecule has 0 heterocycles. The van der Waals surface area contributed by atoms with E-state index in [1.165, 1.54) is 0 Å². The third-order valence-corrected chi connectivity index (χ3v) is 0.909. The summed E-state index contributed by atoms with van der Waals surface area (Å²) < 4.78 is 4.48. The van der Waals surface area contributed by atoms with Crippen LogP contribution < -0.4 is 0 Å². The van der Waals surface area contributed by atoms with Crippen molar-refractivity contribution in [2.75, 3.05) is 13.2 Å². The highest BCUT2D eigenvalue weighted by Gasteiger charge is 1.96. The first-order chi connectivity index (χ1) is 5.66. The lowest BCUT2D eigenvalue weighted by Gasteiger charge is -1.97. The van der Waals surface area contributed by atoms with Gasteiger partial charge in [0, 0.05) is 25.2 Å². The average molecular weight is 174 g/mol. The molecule has 68 valence electrons. The fraction of sp³-hybridized carbons (Fsp3) is 0.429. The van der Waals surface area contributed by atoms with Gasteiger partial charge in [-0.3, -0.25) is 0 Å². The van der Waals surface area contributed by atoms with Gasteiger partial charge in [0.25, 0.3) is 0 Å². The number of carbonyl (C=O) groups is 2. The predicted octanol–water partition coefficient (Wildman–Crippen LogP) is -0.447. The highest BCUT2D eigenvalue weighted by molar-refractivity contribution is 5.90. The Balaban J connectivity index is 3.53. The quantitative estimate of drug-likeness (QED) is 0.335. The van der Waals surface area contributed by atoms with E-state index in [0.717, 1.165) is 6.08 Å². The lowest BCUT2D eigenvalue weighted by Crippen LogP contribution is -2.04. The fourth-order valence-electron chi connectivity index (χ4n) is 0.425. The molecule has 5 heteroatoms. The summed E-state index contributed by atoms with van der Waals surface area (Å²) >= 11 is 0. The normalized spacial score (nSPS) is 10.1. The summed E-state index contributed by atoms with van der Waals surface area (Å²) in [6, 6.07) is 0. The van der Waals surface area contributed by atoms with E-state index in [9.17, 15) is 9.59 Å². The van der Waals surface area contributed by atoms with Crippen molar-refractivity contribution in [3.05, 3.63) is 12.2 Å². The maximum Gasteiger partial charge on any atom is 0.331 e. The van der Waals surface area contributed by atoms with E-state index >= 15 is 0 Å². The topological polar surface area (TPSA) is 83.8 Å². The van der Waals surface area contributed by atoms with E-state index in [1.807, 2.05) is 0 Å². The van der Waals surface area contributed by atoms with Gasteiger partial charge in [0.05, 0.1) is 6.61 Å². The van der Waals surface area contributed by atoms with Gasteiger partial charge in [-0.1, -0.05) is 0 Å². The first kappa shape index (κ1) is 10.6. The van der Waals surface area contributed by atoms with Gasteiger partial charge in [0.2, 0.25) is 0 Å². The SMILES string of the molecule is O=C(O)/C=C/C(=O)OCCCO. The second-order valence-electron chi connectivity index (χ2n) is 1.92. The molecular formula is C7H10O5. The molecular weight excluding hydrogens is 164 g/mol. The predicted molar refractivity (Wildman–Crippen MR) is 39.4 cm³/mol. The molecule has 0 aromatic rings. The van der Waals surface area contributed by atoms with Crippen LogP contribution in [0.2, 0.25) is 0 Å². The van der Waals surface area contributed by atoms with Gasteiger partial charge in [-0.25, -0.2) is 9.59 Å². The molecule has 0 aromatic carbocycles. The number of aliphatic hydroxyl groups is 1. The maximum atomic E-state index is 10.6. The van der Waals surface area contributed by atoms with Crippen LogP contribution in [0.5, 0.6) is 0 Å². The number of carboxylic acids is 1. The Morgan fingerprint density at radius 2 is 2.00 bits per heavy atom. The number of ether oxygens (including phenoxy) is 1. The summed E-state index contributed by atoms with van der Waals surface area (Å²) in [5.41, 5.74) is 0. The molecule has 0 amide bonds. The Labute approximate surface area is 69.3 Å². The molecule has 0 fully saturated rings. The number of carboxylic acid groups (broad SMARTS) is 1. The van der Waals surface area contributed by atoms with E-state index in [-0.39, 0.29) is 13.2 Å². The van der Waals surface area contributed by atoms with Crippen LogP contribution in [0, 0.1) is 0 Å². The van der Waals surface area contributed by atoms with Crippen molar-refractivity contribution >= 4 is 11.9 Å². The Morgan fingerprint density at radius 1 is 1.33 bits per heavy atom. The zero-order valence-corrected chi connectivity index (χ0v) is 6.40. The molecule has 0 aliphatic rings. The smallest absolute Gasteiger partial charge is 0.331 e. The molecule has 0 saturated carbocycles. The molecule has 0 radical (unpaired) electrons. The van der Waals surface area contributed by atoms with Crippen LogP contribution in [0.4, 0.5) is 0 Å². The Bertz CT molecular complexity index is 184. The second kappa shape index (κ2) is 6.36. The number of rotatable bonds is 5. The van der Waals surface area contributed by atoms with Crippen LogP contribution in [0.15, 0.2) is 12.2 Å². The van der Waals surface area contributed by atoms with Crippen LogP contribution >= 0.6 is 0 Å². The van der Waals surface area contributed by atoms with Gasteiger partial charge < -0.3 is 14.9 Å². The third-order valence-electron chi connectivity index (χ3n) is 0.909. The van der Waals surface area contributed by atoms with Crippen molar-refractivity contribution in [2.24, 2.45) is 0 Å². The monoisotopic (exact) mass is 174 g/mol.